The van der Waals surface area contributed by atoms with Gasteiger partial charge in [-0.25, -0.2) is 0 Å². The largest absolute Gasteiger partial charge is 0.507 e. The molecule has 170 valence electrons. The standard InChI is InChI=1S/C27H28N2O4/c1-28(2)15-8-16-29-24(21-11-6-7-12-22(21)33-3)23(26(31)27(29)32)25(30)20-14-13-18-9-4-5-10-19(18)17-20/h4-7,9-14,17,24,30H,8,15-16H2,1-3H3/b25-23+. The van der Waals surface area contributed by atoms with Crippen LogP contribution in [0.15, 0.2) is 72.3 Å². The van der Waals surface area contributed by atoms with Crippen LogP contribution in [0.1, 0.15) is 23.6 Å². The first kappa shape index (κ1) is 22.6. The van der Waals surface area contributed by atoms with Gasteiger partial charge in [-0.05, 0) is 50.0 Å². The van der Waals surface area contributed by atoms with Crippen molar-refractivity contribution in [2.24, 2.45) is 0 Å². The molecule has 6 heteroatoms. The Morgan fingerprint density at radius 3 is 2.42 bits per heavy atom. The first-order valence-electron chi connectivity index (χ1n) is 11.0. The number of hydrogen-bond donors (Lipinski definition) is 1. The van der Waals surface area contributed by atoms with Crippen LogP contribution < -0.4 is 4.74 Å². The number of ether oxygens (including phenoxy) is 1. The number of likely N-dealkylation sites (tertiary alicyclic amines) is 1. The number of hydrogen-bond acceptors (Lipinski definition) is 5. The molecule has 0 aromatic heterocycles. The van der Waals surface area contributed by atoms with E-state index in [0.717, 1.165) is 17.3 Å². The molecular weight excluding hydrogens is 416 g/mol. The van der Waals surface area contributed by atoms with Gasteiger partial charge in [-0.15, -0.1) is 0 Å². The van der Waals surface area contributed by atoms with Crippen LogP contribution in [0.4, 0.5) is 0 Å². The van der Waals surface area contributed by atoms with Crippen molar-refractivity contribution in [1.82, 2.24) is 9.80 Å². The number of methoxy groups -OCH3 is 1. The Morgan fingerprint density at radius 2 is 1.70 bits per heavy atom. The molecule has 0 aliphatic carbocycles. The summed E-state index contributed by atoms with van der Waals surface area (Å²) in [6.07, 6.45) is 0.696. The Bertz CT molecular complexity index is 1230. The summed E-state index contributed by atoms with van der Waals surface area (Å²) in [5.41, 5.74) is 1.26. The molecule has 3 aromatic carbocycles. The van der Waals surface area contributed by atoms with E-state index < -0.39 is 17.7 Å². The molecule has 1 amide bonds. The average Bonchev–Trinajstić information content (AvgIpc) is 3.08. The first-order valence-corrected chi connectivity index (χ1v) is 11.0. The highest BCUT2D eigenvalue weighted by Crippen LogP contribution is 2.42. The van der Waals surface area contributed by atoms with Gasteiger partial charge < -0.3 is 19.6 Å². The van der Waals surface area contributed by atoms with Gasteiger partial charge in [-0.3, -0.25) is 9.59 Å². The lowest BCUT2D eigenvalue weighted by Gasteiger charge is -2.27. The molecule has 0 spiro atoms. The minimum Gasteiger partial charge on any atom is -0.507 e. The number of rotatable bonds is 7. The maximum Gasteiger partial charge on any atom is 0.295 e. The zero-order valence-corrected chi connectivity index (χ0v) is 19.1. The maximum atomic E-state index is 13.2. The maximum absolute atomic E-state index is 13.2. The van der Waals surface area contributed by atoms with E-state index in [1.165, 1.54) is 0 Å². The Morgan fingerprint density at radius 1 is 1.00 bits per heavy atom. The van der Waals surface area contributed by atoms with E-state index >= 15 is 0 Å². The van der Waals surface area contributed by atoms with Crippen LogP contribution >= 0.6 is 0 Å². The van der Waals surface area contributed by atoms with Crippen molar-refractivity contribution in [3.63, 3.8) is 0 Å². The summed E-state index contributed by atoms with van der Waals surface area (Å²) in [7, 11) is 5.48. The van der Waals surface area contributed by atoms with E-state index in [9.17, 15) is 14.7 Å². The lowest BCUT2D eigenvalue weighted by Crippen LogP contribution is -2.32. The van der Waals surface area contributed by atoms with E-state index in [1.54, 1.807) is 24.1 Å². The molecule has 1 saturated heterocycles. The van der Waals surface area contributed by atoms with Gasteiger partial charge in [0.05, 0.1) is 18.7 Å². The summed E-state index contributed by atoms with van der Waals surface area (Å²) in [5.74, 6) is -0.898. The molecular formula is C27H28N2O4. The van der Waals surface area contributed by atoms with Gasteiger partial charge in [-0.1, -0.05) is 54.6 Å². The number of carbonyl (C=O) groups excluding carboxylic acids is 2. The highest BCUT2D eigenvalue weighted by molar-refractivity contribution is 6.46. The topological polar surface area (TPSA) is 70.1 Å². The smallest absolute Gasteiger partial charge is 0.295 e. The summed E-state index contributed by atoms with van der Waals surface area (Å²) in [6, 6.07) is 19.9. The average molecular weight is 445 g/mol. The zero-order chi connectivity index (χ0) is 23.5. The van der Waals surface area contributed by atoms with E-state index in [0.29, 0.717) is 29.8 Å². The van der Waals surface area contributed by atoms with Gasteiger partial charge >= 0.3 is 0 Å². The fraction of sp³-hybridized carbons (Fsp3) is 0.259. The van der Waals surface area contributed by atoms with Gasteiger partial charge in [0.15, 0.2) is 0 Å². The van der Waals surface area contributed by atoms with Crippen molar-refractivity contribution in [2.45, 2.75) is 12.5 Å². The first-order chi connectivity index (χ1) is 15.9. The number of fused-ring (bicyclic) bond motifs is 1. The summed E-state index contributed by atoms with van der Waals surface area (Å²) < 4.78 is 5.55. The normalized spacial score (nSPS) is 17.8. The summed E-state index contributed by atoms with van der Waals surface area (Å²) in [4.78, 5) is 29.9. The summed E-state index contributed by atoms with van der Waals surface area (Å²) in [6.45, 7) is 1.16. The van der Waals surface area contributed by atoms with Crippen molar-refractivity contribution >= 4 is 28.2 Å². The molecule has 1 unspecified atom stereocenters. The second-order valence-electron chi connectivity index (χ2n) is 8.45. The number of aliphatic hydroxyl groups excluding tert-OH is 1. The molecule has 6 nitrogen and oxygen atoms in total. The molecule has 1 fully saturated rings. The van der Waals surface area contributed by atoms with Crippen LogP contribution in [0.5, 0.6) is 5.75 Å². The molecule has 0 saturated carbocycles. The molecule has 3 aromatic rings. The third kappa shape index (κ3) is 4.34. The van der Waals surface area contributed by atoms with Crippen LogP contribution in [0.25, 0.3) is 16.5 Å². The predicted octanol–water partition coefficient (Wildman–Crippen LogP) is 4.22. The van der Waals surface area contributed by atoms with Crippen molar-refractivity contribution in [3.8, 4) is 5.75 Å². The van der Waals surface area contributed by atoms with Gasteiger partial charge in [-0.2, -0.15) is 0 Å². The highest BCUT2D eigenvalue weighted by atomic mass is 16.5. The second-order valence-corrected chi connectivity index (χ2v) is 8.45. The van der Waals surface area contributed by atoms with Crippen molar-refractivity contribution in [3.05, 3.63) is 83.4 Å². The number of aliphatic hydroxyl groups is 1. The van der Waals surface area contributed by atoms with Crippen molar-refractivity contribution < 1.29 is 19.4 Å². The van der Waals surface area contributed by atoms with E-state index in [2.05, 4.69) is 0 Å². The van der Waals surface area contributed by atoms with Crippen LogP contribution in [0.3, 0.4) is 0 Å². The fourth-order valence-corrected chi connectivity index (χ4v) is 4.38. The molecule has 1 aliphatic heterocycles. The third-order valence-electron chi connectivity index (χ3n) is 6.00. The number of benzene rings is 3. The predicted molar refractivity (Wildman–Crippen MR) is 129 cm³/mol. The number of ketones is 1. The molecule has 0 radical (unpaired) electrons. The lowest BCUT2D eigenvalue weighted by molar-refractivity contribution is -0.140. The second kappa shape index (κ2) is 9.46. The number of para-hydroxylation sites is 1. The van der Waals surface area contributed by atoms with E-state index in [1.807, 2.05) is 73.6 Å². The van der Waals surface area contributed by atoms with Gasteiger partial charge in [0, 0.05) is 17.7 Å². The molecule has 1 aliphatic rings. The Kier molecular flexibility index (Phi) is 6.47. The van der Waals surface area contributed by atoms with Crippen molar-refractivity contribution in [2.75, 3.05) is 34.3 Å². The van der Waals surface area contributed by atoms with Gasteiger partial charge in [0.1, 0.15) is 11.5 Å². The minimum atomic E-state index is -0.727. The van der Waals surface area contributed by atoms with Crippen LogP contribution in [0.2, 0.25) is 0 Å². The number of Topliss-reactive ketones (excluding diaryl/α,β-unsaturated/α-hetero) is 1. The lowest BCUT2D eigenvalue weighted by atomic mass is 9.94. The molecule has 1 atom stereocenters. The number of nitrogens with zero attached hydrogens (tertiary/aromatic N) is 2. The van der Waals surface area contributed by atoms with Crippen LogP contribution in [-0.4, -0.2) is 60.9 Å². The molecule has 1 N–H and O–H groups in total. The van der Waals surface area contributed by atoms with E-state index in [-0.39, 0.29) is 11.3 Å². The quantitative estimate of drug-likeness (QED) is 0.336. The summed E-state index contributed by atoms with van der Waals surface area (Å²) in [5, 5.41) is 13.3. The molecule has 0 bridgehead atoms. The van der Waals surface area contributed by atoms with Crippen LogP contribution in [0, 0.1) is 0 Å². The highest BCUT2D eigenvalue weighted by Gasteiger charge is 2.46. The number of carbonyl (C=O) groups is 2. The van der Waals surface area contributed by atoms with E-state index in [4.69, 9.17) is 4.74 Å². The van der Waals surface area contributed by atoms with Crippen LogP contribution in [-0.2, 0) is 9.59 Å². The molecule has 1 heterocycles. The SMILES string of the molecule is COc1ccccc1C1/C(=C(\O)c2ccc3ccccc3c2)C(=O)C(=O)N1CCCN(C)C. The monoisotopic (exact) mass is 444 g/mol. The third-order valence-corrected chi connectivity index (χ3v) is 6.00. The zero-order valence-electron chi connectivity index (χ0n) is 19.1. The minimum absolute atomic E-state index is 0.0876. The molecule has 33 heavy (non-hydrogen) atoms. The number of amides is 1. The molecule has 4 rings (SSSR count). The summed E-state index contributed by atoms with van der Waals surface area (Å²) >= 11 is 0. The fourth-order valence-electron chi connectivity index (χ4n) is 4.38. The Hall–Kier alpha value is -3.64. The Labute approximate surface area is 193 Å². The Balaban J connectivity index is 1.85. The van der Waals surface area contributed by atoms with Crippen molar-refractivity contribution in [1.29, 1.82) is 0 Å². The van der Waals surface area contributed by atoms with Gasteiger partial charge in [0.2, 0.25) is 0 Å². The van der Waals surface area contributed by atoms with Gasteiger partial charge in [0.25, 0.3) is 11.7 Å².